The van der Waals surface area contributed by atoms with Crippen molar-refractivity contribution in [3.63, 3.8) is 0 Å². The Kier molecular flexibility index (Phi) is 3.63. The Morgan fingerprint density at radius 1 is 1.29 bits per heavy atom. The Morgan fingerprint density at radius 3 is 2.79 bits per heavy atom. The summed E-state index contributed by atoms with van der Waals surface area (Å²) in [5.74, 6) is 0. The van der Waals surface area contributed by atoms with Gasteiger partial charge in [0, 0.05) is 14.2 Å². The summed E-state index contributed by atoms with van der Waals surface area (Å²) in [5, 5.41) is 0. The molecule has 1 heterocycles. The lowest BCUT2D eigenvalue weighted by Gasteiger charge is -2.10. The van der Waals surface area contributed by atoms with Gasteiger partial charge >= 0.3 is 0 Å². The fraction of sp³-hybridized carbons (Fsp3) is 0.636. The summed E-state index contributed by atoms with van der Waals surface area (Å²) in [7, 11) is 0. The minimum atomic E-state index is 0.801. The van der Waals surface area contributed by atoms with Crippen LogP contribution in [0, 0.1) is 0 Å². The van der Waals surface area contributed by atoms with E-state index in [0.29, 0.717) is 0 Å². The van der Waals surface area contributed by atoms with Gasteiger partial charge in [0.05, 0.1) is 0 Å². The molecule has 3 heteroatoms. The van der Waals surface area contributed by atoms with Gasteiger partial charge in [-0.3, -0.25) is 0 Å². The quantitative estimate of drug-likeness (QED) is 0.899. The van der Waals surface area contributed by atoms with E-state index in [2.05, 4.69) is 15.9 Å². The van der Waals surface area contributed by atoms with Crippen molar-refractivity contribution in [2.75, 3.05) is 6.54 Å². The minimum Gasteiger partial charge on any atom is -0.330 e. The smallest absolute Gasteiger partial charge is 0.0349 e. The Balaban J connectivity index is 2.20. The molecule has 1 aromatic rings. The molecule has 1 aliphatic rings. The molecule has 0 amide bonds. The summed E-state index contributed by atoms with van der Waals surface area (Å²) in [6.45, 7) is 0.801. The number of thiophene rings is 1. The summed E-state index contributed by atoms with van der Waals surface area (Å²) in [6, 6.07) is 0. The lowest BCUT2D eigenvalue weighted by atomic mass is 9.99. The van der Waals surface area contributed by atoms with Gasteiger partial charge < -0.3 is 5.73 Å². The first kappa shape index (κ1) is 10.7. The summed E-state index contributed by atoms with van der Waals surface area (Å²) < 4.78 is 1.39. The van der Waals surface area contributed by atoms with Gasteiger partial charge in [-0.2, -0.15) is 0 Å². The molecule has 1 aliphatic carbocycles. The first-order chi connectivity index (χ1) is 6.83. The molecule has 0 bridgehead atoms. The highest BCUT2D eigenvalue weighted by Gasteiger charge is 2.18. The fourth-order valence-electron chi connectivity index (χ4n) is 2.01. The van der Waals surface area contributed by atoms with Crippen LogP contribution in [0.3, 0.4) is 0 Å². The molecule has 0 saturated carbocycles. The van der Waals surface area contributed by atoms with Gasteiger partial charge in [-0.25, -0.2) is 0 Å². The van der Waals surface area contributed by atoms with E-state index in [9.17, 15) is 0 Å². The largest absolute Gasteiger partial charge is 0.330 e. The minimum absolute atomic E-state index is 0.801. The van der Waals surface area contributed by atoms with Crippen LogP contribution in [0.2, 0.25) is 0 Å². The van der Waals surface area contributed by atoms with Crippen molar-refractivity contribution >= 4 is 27.3 Å². The second-order valence-electron chi connectivity index (χ2n) is 3.84. The van der Waals surface area contributed by atoms with Gasteiger partial charge in [-0.1, -0.05) is 0 Å². The van der Waals surface area contributed by atoms with Crippen LogP contribution >= 0.6 is 27.3 Å². The maximum absolute atomic E-state index is 5.54. The molecule has 2 N–H and O–H groups in total. The predicted octanol–water partition coefficient (Wildman–Crippen LogP) is 3.28. The van der Waals surface area contributed by atoms with Gasteiger partial charge in [-0.05, 0) is 66.6 Å². The van der Waals surface area contributed by atoms with Crippen LogP contribution in [0.1, 0.15) is 34.6 Å². The van der Waals surface area contributed by atoms with Crippen LogP contribution in [0.25, 0.3) is 0 Å². The van der Waals surface area contributed by atoms with Crippen LogP contribution in [-0.2, 0) is 19.3 Å². The number of nitrogens with two attached hydrogens (primary N) is 1. The maximum Gasteiger partial charge on any atom is 0.0349 e. The van der Waals surface area contributed by atoms with Gasteiger partial charge in [0.2, 0.25) is 0 Å². The number of hydrogen-bond acceptors (Lipinski definition) is 2. The average molecular weight is 274 g/mol. The van der Waals surface area contributed by atoms with Crippen molar-refractivity contribution in [1.82, 2.24) is 0 Å². The topological polar surface area (TPSA) is 26.0 Å². The summed E-state index contributed by atoms with van der Waals surface area (Å²) >= 11 is 5.74. The lowest BCUT2D eigenvalue weighted by Crippen LogP contribution is -2.00. The molecule has 0 fully saturated rings. The van der Waals surface area contributed by atoms with Crippen molar-refractivity contribution in [3.05, 3.63) is 19.8 Å². The van der Waals surface area contributed by atoms with Crippen LogP contribution < -0.4 is 5.73 Å². The Labute approximate surface area is 97.8 Å². The van der Waals surface area contributed by atoms with Gasteiger partial charge in [-0.15, -0.1) is 11.3 Å². The lowest BCUT2D eigenvalue weighted by molar-refractivity contribution is 0.694. The molecule has 14 heavy (non-hydrogen) atoms. The van der Waals surface area contributed by atoms with Crippen LogP contribution in [0.15, 0.2) is 4.47 Å². The van der Waals surface area contributed by atoms with Crippen molar-refractivity contribution in [1.29, 1.82) is 0 Å². The van der Waals surface area contributed by atoms with Gasteiger partial charge in [0.15, 0.2) is 0 Å². The predicted molar refractivity (Wildman–Crippen MR) is 66.0 cm³/mol. The number of fused-ring (bicyclic) bond motifs is 1. The van der Waals surface area contributed by atoms with Gasteiger partial charge in [0.1, 0.15) is 0 Å². The summed E-state index contributed by atoms with van der Waals surface area (Å²) in [6.07, 6.45) is 7.55. The number of hydrogen-bond donors (Lipinski definition) is 1. The molecule has 0 spiro atoms. The van der Waals surface area contributed by atoms with E-state index < -0.39 is 0 Å². The number of halogens is 1. The highest BCUT2D eigenvalue weighted by molar-refractivity contribution is 9.10. The maximum atomic E-state index is 5.54. The fourth-order valence-corrected chi connectivity index (χ4v) is 4.35. The van der Waals surface area contributed by atoms with E-state index in [0.717, 1.165) is 19.4 Å². The van der Waals surface area contributed by atoms with E-state index in [1.54, 1.807) is 10.4 Å². The molecule has 0 radical (unpaired) electrons. The average Bonchev–Trinajstić information content (AvgIpc) is 2.54. The third kappa shape index (κ3) is 2.05. The normalized spacial score (nSPS) is 15.6. The Bertz CT molecular complexity index is 319. The van der Waals surface area contributed by atoms with Crippen molar-refractivity contribution in [3.8, 4) is 0 Å². The Hall–Kier alpha value is 0.140. The van der Waals surface area contributed by atoms with Crippen molar-refractivity contribution in [2.24, 2.45) is 5.73 Å². The molecule has 2 rings (SSSR count). The molecule has 78 valence electrons. The highest BCUT2D eigenvalue weighted by atomic mass is 79.9. The third-order valence-electron chi connectivity index (χ3n) is 2.78. The zero-order chi connectivity index (χ0) is 9.97. The number of rotatable bonds is 3. The standard InChI is InChI=1S/C11H16BrNS/c12-11-8-4-1-2-5-9(8)14-10(11)6-3-7-13/h1-7,13H2. The van der Waals surface area contributed by atoms with E-state index in [4.69, 9.17) is 5.73 Å². The molecular weight excluding hydrogens is 258 g/mol. The molecule has 0 aliphatic heterocycles. The molecule has 0 aromatic carbocycles. The van der Waals surface area contributed by atoms with Crippen LogP contribution in [0.5, 0.6) is 0 Å². The molecule has 1 aromatic heterocycles. The molecule has 0 saturated heterocycles. The van der Waals surface area contributed by atoms with Crippen LogP contribution in [0.4, 0.5) is 0 Å². The summed E-state index contributed by atoms with van der Waals surface area (Å²) in [5.41, 5.74) is 7.13. The van der Waals surface area contributed by atoms with Gasteiger partial charge in [0.25, 0.3) is 0 Å². The zero-order valence-corrected chi connectivity index (χ0v) is 10.7. The summed E-state index contributed by atoms with van der Waals surface area (Å²) in [4.78, 5) is 3.14. The van der Waals surface area contributed by atoms with Crippen LogP contribution in [-0.4, -0.2) is 6.54 Å². The number of aryl methyl sites for hydroxylation is 2. The SMILES string of the molecule is NCCCc1sc2c(c1Br)CCCC2. The first-order valence-corrected chi connectivity index (χ1v) is 6.93. The highest BCUT2D eigenvalue weighted by Crippen LogP contribution is 2.38. The molecule has 0 atom stereocenters. The van der Waals surface area contributed by atoms with E-state index in [-0.39, 0.29) is 0 Å². The van der Waals surface area contributed by atoms with Crippen molar-refractivity contribution in [2.45, 2.75) is 38.5 Å². The van der Waals surface area contributed by atoms with E-state index >= 15 is 0 Å². The van der Waals surface area contributed by atoms with Crippen molar-refractivity contribution < 1.29 is 0 Å². The molecule has 1 nitrogen and oxygen atoms in total. The monoisotopic (exact) mass is 273 g/mol. The Morgan fingerprint density at radius 2 is 2.07 bits per heavy atom. The first-order valence-electron chi connectivity index (χ1n) is 5.32. The van der Waals surface area contributed by atoms with E-state index in [1.807, 2.05) is 11.3 Å². The molecular formula is C11H16BrNS. The second kappa shape index (κ2) is 4.77. The zero-order valence-electron chi connectivity index (χ0n) is 8.31. The molecule has 0 unspecified atom stereocenters. The second-order valence-corrected chi connectivity index (χ2v) is 5.82. The third-order valence-corrected chi connectivity index (χ3v) is 5.35. The van der Waals surface area contributed by atoms with E-state index in [1.165, 1.54) is 35.0 Å².